The second-order valence-electron chi connectivity index (χ2n) is 6.86. The first-order chi connectivity index (χ1) is 8.32. The molecule has 0 saturated heterocycles. The van der Waals surface area contributed by atoms with E-state index >= 15 is 0 Å². The predicted molar refractivity (Wildman–Crippen MR) is 75.9 cm³/mol. The maximum Gasteiger partial charge on any atom is 0.112 e. The van der Waals surface area contributed by atoms with Gasteiger partial charge in [-0.15, -0.1) is 0 Å². The average Bonchev–Trinajstić information content (AvgIpc) is 2.65. The Balaban J connectivity index is 2.52. The summed E-state index contributed by atoms with van der Waals surface area (Å²) in [5.74, 6) is 1.74. The number of hydrogen-bond donors (Lipinski definition) is 1. The van der Waals surface area contributed by atoms with Gasteiger partial charge in [0, 0.05) is 37.2 Å². The van der Waals surface area contributed by atoms with Crippen LogP contribution in [0.3, 0.4) is 0 Å². The molecule has 3 heteroatoms. The van der Waals surface area contributed by atoms with E-state index in [1.165, 1.54) is 17.2 Å². The molecular formula is C15H27N3. The normalized spacial score (nSPS) is 17.9. The highest BCUT2D eigenvalue weighted by Crippen LogP contribution is 2.35. The van der Waals surface area contributed by atoms with Crippen molar-refractivity contribution in [2.75, 3.05) is 6.54 Å². The Morgan fingerprint density at radius 2 is 1.89 bits per heavy atom. The van der Waals surface area contributed by atoms with Crippen molar-refractivity contribution in [2.24, 2.45) is 5.41 Å². The minimum absolute atomic E-state index is 0.267. The molecular weight excluding hydrogens is 222 g/mol. The average molecular weight is 249 g/mol. The van der Waals surface area contributed by atoms with Gasteiger partial charge in [0.05, 0.1) is 5.69 Å². The molecule has 0 aromatic carbocycles. The van der Waals surface area contributed by atoms with E-state index in [1.807, 2.05) is 0 Å². The topological polar surface area (TPSA) is 29.9 Å². The van der Waals surface area contributed by atoms with E-state index < -0.39 is 0 Å². The van der Waals surface area contributed by atoms with Gasteiger partial charge in [-0.05, 0) is 12.3 Å². The third-order valence-corrected chi connectivity index (χ3v) is 4.11. The fraction of sp³-hybridized carbons (Fsp3) is 0.800. The van der Waals surface area contributed by atoms with Crippen LogP contribution in [0, 0.1) is 5.41 Å². The van der Waals surface area contributed by atoms with Crippen molar-refractivity contribution in [3.05, 3.63) is 17.2 Å². The Labute approximate surface area is 111 Å². The molecule has 3 nitrogen and oxygen atoms in total. The Kier molecular flexibility index (Phi) is 3.54. The SMILES string of the molecule is CC(C)c1nc2c(n1C(C)C(C)(C)C)CCNC2. The Morgan fingerprint density at radius 3 is 2.44 bits per heavy atom. The van der Waals surface area contributed by atoms with Crippen molar-refractivity contribution in [3.63, 3.8) is 0 Å². The van der Waals surface area contributed by atoms with E-state index in [0.717, 1.165) is 19.5 Å². The quantitative estimate of drug-likeness (QED) is 0.872. The molecule has 18 heavy (non-hydrogen) atoms. The van der Waals surface area contributed by atoms with Crippen molar-refractivity contribution in [1.29, 1.82) is 0 Å². The van der Waals surface area contributed by atoms with Crippen LogP contribution in [0.5, 0.6) is 0 Å². The van der Waals surface area contributed by atoms with Crippen LogP contribution in [0.4, 0.5) is 0 Å². The standard InChI is InChI=1S/C15H27N3/c1-10(2)14-17-12-9-16-8-7-13(12)18(14)11(3)15(4,5)6/h10-11,16H,7-9H2,1-6H3. The molecule has 2 rings (SSSR count). The molecule has 0 radical (unpaired) electrons. The highest BCUT2D eigenvalue weighted by Gasteiger charge is 2.29. The molecule has 0 fully saturated rings. The van der Waals surface area contributed by atoms with E-state index in [0.29, 0.717) is 12.0 Å². The van der Waals surface area contributed by atoms with Gasteiger partial charge in [-0.2, -0.15) is 0 Å². The van der Waals surface area contributed by atoms with E-state index in [9.17, 15) is 0 Å². The monoisotopic (exact) mass is 249 g/mol. The lowest BCUT2D eigenvalue weighted by atomic mass is 9.87. The molecule has 1 aliphatic rings. The molecule has 1 unspecified atom stereocenters. The molecule has 0 amide bonds. The lowest BCUT2D eigenvalue weighted by Gasteiger charge is -2.32. The van der Waals surface area contributed by atoms with E-state index in [2.05, 4.69) is 51.4 Å². The molecule has 1 atom stereocenters. The summed E-state index contributed by atoms with van der Waals surface area (Å²) < 4.78 is 2.51. The Morgan fingerprint density at radius 1 is 1.22 bits per heavy atom. The molecule has 102 valence electrons. The van der Waals surface area contributed by atoms with Crippen LogP contribution in [0.15, 0.2) is 0 Å². The molecule has 0 bridgehead atoms. The molecule has 0 saturated carbocycles. The maximum absolute atomic E-state index is 4.89. The zero-order valence-corrected chi connectivity index (χ0v) is 12.7. The number of nitrogens with one attached hydrogen (secondary N) is 1. The maximum atomic E-state index is 4.89. The molecule has 1 aromatic heterocycles. The fourth-order valence-corrected chi connectivity index (χ4v) is 2.58. The molecule has 0 spiro atoms. The molecule has 0 aliphatic carbocycles. The molecule has 2 heterocycles. The summed E-state index contributed by atoms with van der Waals surface area (Å²) in [6, 6.07) is 0.490. The number of fused-ring (bicyclic) bond motifs is 1. The first-order valence-electron chi connectivity index (χ1n) is 7.13. The van der Waals surface area contributed by atoms with Crippen molar-refractivity contribution in [1.82, 2.24) is 14.9 Å². The fourth-order valence-electron chi connectivity index (χ4n) is 2.58. The number of rotatable bonds is 2. The molecule has 1 N–H and O–H groups in total. The summed E-state index contributed by atoms with van der Waals surface area (Å²) in [6.45, 7) is 15.8. The van der Waals surface area contributed by atoms with Crippen molar-refractivity contribution in [3.8, 4) is 0 Å². The van der Waals surface area contributed by atoms with Crippen LogP contribution in [0.1, 0.15) is 70.7 Å². The summed E-state index contributed by atoms with van der Waals surface area (Å²) in [5.41, 5.74) is 2.99. The zero-order chi connectivity index (χ0) is 13.5. The van der Waals surface area contributed by atoms with Gasteiger partial charge in [0.25, 0.3) is 0 Å². The lowest BCUT2D eigenvalue weighted by Crippen LogP contribution is -2.29. The van der Waals surface area contributed by atoms with Gasteiger partial charge in [-0.25, -0.2) is 4.98 Å². The van der Waals surface area contributed by atoms with Gasteiger partial charge in [-0.3, -0.25) is 0 Å². The van der Waals surface area contributed by atoms with Crippen molar-refractivity contribution < 1.29 is 0 Å². The second kappa shape index (κ2) is 4.69. The number of aromatic nitrogens is 2. The molecule has 1 aliphatic heterocycles. The third kappa shape index (κ3) is 2.33. The van der Waals surface area contributed by atoms with E-state index in [1.54, 1.807) is 0 Å². The smallest absolute Gasteiger partial charge is 0.112 e. The summed E-state index contributed by atoms with van der Waals surface area (Å²) in [5, 5.41) is 3.42. The Hall–Kier alpha value is -0.830. The summed E-state index contributed by atoms with van der Waals surface area (Å²) in [6.07, 6.45) is 1.11. The number of hydrogen-bond acceptors (Lipinski definition) is 2. The number of nitrogens with zero attached hydrogens (tertiary/aromatic N) is 2. The van der Waals surface area contributed by atoms with E-state index in [4.69, 9.17) is 4.98 Å². The van der Waals surface area contributed by atoms with Gasteiger partial charge in [0.2, 0.25) is 0 Å². The summed E-state index contributed by atoms with van der Waals surface area (Å²) >= 11 is 0. The van der Waals surface area contributed by atoms with Crippen LogP contribution in [-0.2, 0) is 13.0 Å². The van der Waals surface area contributed by atoms with Crippen LogP contribution in [-0.4, -0.2) is 16.1 Å². The van der Waals surface area contributed by atoms with Crippen molar-refractivity contribution >= 4 is 0 Å². The first-order valence-corrected chi connectivity index (χ1v) is 7.13. The van der Waals surface area contributed by atoms with Gasteiger partial charge >= 0.3 is 0 Å². The van der Waals surface area contributed by atoms with Crippen LogP contribution < -0.4 is 5.32 Å². The van der Waals surface area contributed by atoms with Gasteiger partial charge in [0.15, 0.2) is 0 Å². The van der Waals surface area contributed by atoms with Crippen LogP contribution in [0.25, 0.3) is 0 Å². The number of imidazole rings is 1. The molecule has 1 aromatic rings. The van der Waals surface area contributed by atoms with Crippen LogP contribution in [0.2, 0.25) is 0 Å². The largest absolute Gasteiger partial charge is 0.328 e. The second-order valence-corrected chi connectivity index (χ2v) is 6.86. The van der Waals surface area contributed by atoms with Gasteiger partial charge in [0.1, 0.15) is 5.82 Å². The highest BCUT2D eigenvalue weighted by molar-refractivity contribution is 5.23. The predicted octanol–water partition coefficient (Wildman–Crippen LogP) is 3.26. The highest BCUT2D eigenvalue weighted by atomic mass is 15.1. The zero-order valence-electron chi connectivity index (χ0n) is 12.7. The minimum Gasteiger partial charge on any atom is -0.328 e. The van der Waals surface area contributed by atoms with Gasteiger partial charge < -0.3 is 9.88 Å². The first kappa shape index (κ1) is 13.6. The third-order valence-electron chi connectivity index (χ3n) is 4.11. The Bertz CT molecular complexity index is 424. The summed E-state index contributed by atoms with van der Waals surface area (Å²) in [7, 11) is 0. The van der Waals surface area contributed by atoms with Crippen molar-refractivity contribution in [2.45, 2.75) is 66.5 Å². The summed E-state index contributed by atoms with van der Waals surface area (Å²) in [4.78, 5) is 4.89. The van der Waals surface area contributed by atoms with E-state index in [-0.39, 0.29) is 5.41 Å². The lowest BCUT2D eigenvalue weighted by molar-refractivity contribution is 0.250. The van der Waals surface area contributed by atoms with Crippen LogP contribution >= 0.6 is 0 Å². The minimum atomic E-state index is 0.267. The van der Waals surface area contributed by atoms with Gasteiger partial charge in [-0.1, -0.05) is 34.6 Å².